The van der Waals surface area contributed by atoms with E-state index in [9.17, 15) is 4.79 Å². The fourth-order valence-electron chi connectivity index (χ4n) is 4.03. The van der Waals surface area contributed by atoms with Crippen molar-refractivity contribution < 1.29 is 4.42 Å². The van der Waals surface area contributed by atoms with Crippen LogP contribution >= 0.6 is 11.3 Å². The molecule has 0 bridgehead atoms. The van der Waals surface area contributed by atoms with E-state index in [2.05, 4.69) is 28.3 Å². The molecule has 0 aliphatic carbocycles. The Kier molecular flexibility index (Phi) is 3.69. The number of hydrogen-bond donors (Lipinski definition) is 1. The summed E-state index contributed by atoms with van der Waals surface area (Å²) in [5, 5.41) is 3.07. The maximum atomic E-state index is 12.5. The number of thiophene rings is 1. The Bertz CT molecular complexity index is 1160. The predicted octanol–water partition coefficient (Wildman–Crippen LogP) is 4.24. The van der Waals surface area contributed by atoms with Crippen molar-refractivity contribution in [2.75, 3.05) is 6.54 Å². The van der Waals surface area contributed by atoms with E-state index in [0.717, 1.165) is 24.8 Å². The number of nitrogens with zero attached hydrogens (tertiary/aromatic N) is 2. The summed E-state index contributed by atoms with van der Waals surface area (Å²) in [4.78, 5) is 24.1. The normalized spacial score (nSPS) is 17.8. The molecule has 6 heteroatoms. The third-order valence-electron chi connectivity index (χ3n) is 5.23. The Balaban J connectivity index is 1.55. The van der Waals surface area contributed by atoms with E-state index in [1.165, 1.54) is 10.4 Å². The molecular formula is C20H19N3O2S. The lowest BCUT2D eigenvalue weighted by Crippen LogP contribution is -2.35. The van der Waals surface area contributed by atoms with Gasteiger partial charge in [0.15, 0.2) is 0 Å². The molecule has 1 atom stereocenters. The van der Waals surface area contributed by atoms with Crippen molar-refractivity contribution in [3.8, 4) is 0 Å². The van der Waals surface area contributed by atoms with Crippen LogP contribution < -0.4 is 5.56 Å². The third-order valence-corrected chi connectivity index (χ3v) is 6.22. The Morgan fingerprint density at radius 2 is 2.23 bits per heavy atom. The lowest BCUT2D eigenvalue weighted by Gasteiger charge is -2.34. The first-order chi connectivity index (χ1) is 12.7. The van der Waals surface area contributed by atoms with Crippen LogP contribution in [0.15, 0.2) is 44.9 Å². The van der Waals surface area contributed by atoms with Crippen LogP contribution in [0, 0.1) is 0 Å². The number of aromatic amines is 1. The van der Waals surface area contributed by atoms with Crippen molar-refractivity contribution in [2.24, 2.45) is 0 Å². The molecule has 0 saturated heterocycles. The number of nitrogens with one attached hydrogen (secondary N) is 1. The lowest BCUT2D eigenvalue weighted by molar-refractivity contribution is 0.168. The highest BCUT2D eigenvalue weighted by Gasteiger charge is 2.27. The van der Waals surface area contributed by atoms with Gasteiger partial charge in [-0.2, -0.15) is 0 Å². The smallest absolute Gasteiger partial charge is 0.294 e. The molecule has 5 rings (SSSR count). The Morgan fingerprint density at radius 1 is 1.35 bits per heavy atom. The van der Waals surface area contributed by atoms with E-state index in [1.54, 1.807) is 0 Å². The monoisotopic (exact) mass is 365 g/mol. The Labute approximate surface area is 154 Å². The zero-order valence-corrected chi connectivity index (χ0v) is 15.3. The number of fused-ring (bicyclic) bond motifs is 4. The van der Waals surface area contributed by atoms with Crippen molar-refractivity contribution >= 4 is 33.4 Å². The number of aromatic nitrogens is 2. The zero-order valence-electron chi connectivity index (χ0n) is 14.5. The molecule has 26 heavy (non-hydrogen) atoms. The van der Waals surface area contributed by atoms with Gasteiger partial charge in [0.2, 0.25) is 5.58 Å². The molecule has 0 fully saturated rings. The Hall–Kier alpha value is -2.44. The summed E-state index contributed by atoms with van der Waals surface area (Å²) in [6, 6.07) is 10.3. The Morgan fingerprint density at radius 3 is 3.12 bits per heavy atom. The molecule has 0 saturated carbocycles. The van der Waals surface area contributed by atoms with Crippen LogP contribution in [0.5, 0.6) is 0 Å². The first-order valence-electron chi connectivity index (χ1n) is 8.95. The van der Waals surface area contributed by atoms with Gasteiger partial charge in [-0.25, -0.2) is 4.98 Å². The predicted molar refractivity (Wildman–Crippen MR) is 104 cm³/mol. The fraction of sp³-hybridized carbons (Fsp3) is 0.300. The van der Waals surface area contributed by atoms with Gasteiger partial charge < -0.3 is 9.40 Å². The van der Waals surface area contributed by atoms with Gasteiger partial charge in [-0.1, -0.05) is 19.1 Å². The van der Waals surface area contributed by atoms with Crippen LogP contribution in [0.3, 0.4) is 0 Å². The highest BCUT2D eigenvalue weighted by Crippen LogP contribution is 2.35. The molecule has 1 aliphatic rings. The van der Waals surface area contributed by atoms with Crippen molar-refractivity contribution in [1.82, 2.24) is 14.9 Å². The number of H-pyrrole nitrogens is 1. The highest BCUT2D eigenvalue weighted by molar-refractivity contribution is 7.10. The van der Waals surface area contributed by atoms with Gasteiger partial charge in [-0.05, 0) is 42.0 Å². The molecule has 1 aromatic carbocycles. The molecule has 1 N–H and O–H groups in total. The lowest BCUT2D eigenvalue weighted by atomic mass is 9.98. The highest BCUT2D eigenvalue weighted by atomic mass is 32.1. The summed E-state index contributed by atoms with van der Waals surface area (Å²) >= 11 is 1.85. The van der Waals surface area contributed by atoms with E-state index >= 15 is 0 Å². The quantitative estimate of drug-likeness (QED) is 0.590. The minimum absolute atomic E-state index is 0.206. The fourth-order valence-corrected chi connectivity index (χ4v) is 4.96. The van der Waals surface area contributed by atoms with E-state index in [0.29, 0.717) is 35.1 Å². The molecule has 1 unspecified atom stereocenters. The van der Waals surface area contributed by atoms with Gasteiger partial charge in [-0.3, -0.25) is 9.69 Å². The SMILES string of the molecule is CCC1c2ccsc2CCN1Cc1nc2c(oc3ccccc32)c(=O)[nH]1. The van der Waals surface area contributed by atoms with Crippen molar-refractivity contribution in [1.29, 1.82) is 0 Å². The van der Waals surface area contributed by atoms with Crippen LogP contribution in [0.2, 0.25) is 0 Å². The molecule has 0 spiro atoms. The van der Waals surface area contributed by atoms with Crippen LogP contribution in [-0.4, -0.2) is 21.4 Å². The van der Waals surface area contributed by atoms with Crippen LogP contribution in [-0.2, 0) is 13.0 Å². The van der Waals surface area contributed by atoms with Crippen molar-refractivity contribution in [2.45, 2.75) is 32.4 Å². The third kappa shape index (κ3) is 2.40. The van der Waals surface area contributed by atoms with E-state index in [1.807, 2.05) is 35.6 Å². The first kappa shape index (κ1) is 15.8. The maximum absolute atomic E-state index is 12.5. The van der Waals surface area contributed by atoms with Gasteiger partial charge in [-0.15, -0.1) is 11.3 Å². The van der Waals surface area contributed by atoms with Crippen molar-refractivity contribution in [3.63, 3.8) is 0 Å². The average Bonchev–Trinajstić information content (AvgIpc) is 3.26. The molecule has 3 aromatic heterocycles. The number of rotatable bonds is 3. The van der Waals surface area contributed by atoms with E-state index < -0.39 is 0 Å². The number of hydrogen-bond acceptors (Lipinski definition) is 5. The molecule has 4 aromatic rings. The van der Waals surface area contributed by atoms with E-state index in [4.69, 9.17) is 9.40 Å². The maximum Gasteiger partial charge on any atom is 0.294 e. The largest absolute Gasteiger partial charge is 0.449 e. The van der Waals surface area contributed by atoms with Crippen LogP contribution in [0.25, 0.3) is 22.1 Å². The molecule has 4 heterocycles. The second kappa shape index (κ2) is 6.07. The summed E-state index contributed by atoms with van der Waals surface area (Å²) < 4.78 is 5.69. The van der Waals surface area contributed by atoms with Gasteiger partial charge in [0.1, 0.15) is 16.9 Å². The van der Waals surface area contributed by atoms with Gasteiger partial charge in [0.05, 0.1) is 6.54 Å². The van der Waals surface area contributed by atoms with Crippen LogP contribution in [0.1, 0.15) is 35.7 Å². The van der Waals surface area contributed by atoms with Gasteiger partial charge in [0.25, 0.3) is 5.56 Å². The second-order valence-electron chi connectivity index (χ2n) is 6.73. The molecule has 1 aliphatic heterocycles. The number of para-hydroxylation sites is 1. The van der Waals surface area contributed by atoms with Gasteiger partial charge >= 0.3 is 0 Å². The minimum Gasteiger partial charge on any atom is -0.449 e. The second-order valence-corrected chi connectivity index (χ2v) is 7.73. The summed E-state index contributed by atoms with van der Waals surface area (Å²) in [5.41, 5.74) is 2.88. The molecule has 132 valence electrons. The summed E-state index contributed by atoms with van der Waals surface area (Å²) in [5.74, 6) is 0.700. The number of furan rings is 1. The molecule has 0 amide bonds. The summed E-state index contributed by atoms with van der Waals surface area (Å²) in [6.07, 6.45) is 2.11. The molecule has 0 radical (unpaired) electrons. The van der Waals surface area contributed by atoms with Crippen molar-refractivity contribution in [3.05, 3.63) is 62.3 Å². The topological polar surface area (TPSA) is 62.1 Å². The average molecular weight is 365 g/mol. The number of benzene rings is 1. The first-order valence-corrected chi connectivity index (χ1v) is 9.83. The molecule has 5 nitrogen and oxygen atoms in total. The summed E-state index contributed by atoms with van der Waals surface area (Å²) in [7, 11) is 0. The van der Waals surface area contributed by atoms with Gasteiger partial charge in [0, 0.05) is 22.8 Å². The van der Waals surface area contributed by atoms with E-state index in [-0.39, 0.29) is 5.56 Å². The minimum atomic E-state index is -0.206. The standard InChI is InChI=1S/C20H19N3O2S/c1-2-14-12-8-10-26-16(12)7-9-23(14)11-17-21-18-13-5-3-4-6-15(13)25-19(18)20(24)22-17/h3-6,8,10,14H,2,7,9,11H2,1H3,(H,21,22,24). The van der Waals surface area contributed by atoms with Crippen LogP contribution in [0.4, 0.5) is 0 Å². The zero-order chi connectivity index (χ0) is 17.7. The molecular weight excluding hydrogens is 346 g/mol. The summed E-state index contributed by atoms with van der Waals surface area (Å²) in [6.45, 7) is 3.84.